The van der Waals surface area contributed by atoms with E-state index < -0.39 is 5.41 Å². The first-order chi connectivity index (χ1) is 11.6. The van der Waals surface area contributed by atoms with Gasteiger partial charge in [-0.3, -0.25) is 9.59 Å². The Bertz CT molecular complexity index is 540. The van der Waals surface area contributed by atoms with Crippen LogP contribution in [0, 0.1) is 16.7 Å². The first kappa shape index (κ1) is 17.2. The highest BCUT2D eigenvalue weighted by Crippen LogP contribution is 2.43. The Labute approximate surface area is 143 Å². The SMILES string of the molecule is COCCN1C(=O)CCC12CCN(C(=O)C1(C#N)CCCC1)CC2. The zero-order valence-corrected chi connectivity index (χ0v) is 14.6. The Balaban J connectivity index is 1.66. The Hall–Kier alpha value is -1.61. The van der Waals surface area contributed by atoms with Crippen LogP contribution in [0.15, 0.2) is 0 Å². The standard InChI is InChI=1S/C18H27N3O3/c1-24-13-12-21-15(22)4-7-18(21)8-10-20(11-9-18)16(23)17(14-19)5-2-3-6-17/h2-13H2,1H3. The topological polar surface area (TPSA) is 73.6 Å². The maximum Gasteiger partial charge on any atom is 0.243 e. The molecule has 0 N–H and O–H groups in total. The van der Waals surface area contributed by atoms with Crippen molar-refractivity contribution in [1.82, 2.24) is 9.80 Å². The van der Waals surface area contributed by atoms with E-state index in [0.717, 1.165) is 32.1 Å². The average Bonchev–Trinajstić information content (AvgIpc) is 3.20. The number of carbonyl (C=O) groups is 2. The second-order valence-corrected chi connectivity index (χ2v) is 7.46. The van der Waals surface area contributed by atoms with Gasteiger partial charge in [0.15, 0.2) is 0 Å². The molecule has 2 heterocycles. The highest BCUT2D eigenvalue weighted by molar-refractivity contribution is 5.86. The molecule has 2 saturated heterocycles. The lowest BCUT2D eigenvalue weighted by Crippen LogP contribution is -2.56. The van der Waals surface area contributed by atoms with Crippen molar-refractivity contribution in [1.29, 1.82) is 5.26 Å². The van der Waals surface area contributed by atoms with E-state index in [1.165, 1.54) is 0 Å². The Morgan fingerprint density at radius 2 is 1.88 bits per heavy atom. The van der Waals surface area contributed by atoms with Crippen LogP contribution >= 0.6 is 0 Å². The minimum atomic E-state index is -0.786. The molecule has 3 rings (SSSR count). The molecule has 0 unspecified atom stereocenters. The summed E-state index contributed by atoms with van der Waals surface area (Å²) in [5.41, 5.74) is -0.895. The summed E-state index contributed by atoms with van der Waals surface area (Å²) in [6.07, 6.45) is 6.43. The van der Waals surface area contributed by atoms with Gasteiger partial charge in [-0.25, -0.2) is 0 Å². The number of hydrogen-bond donors (Lipinski definition) is 0. The minimum absolute atomic E-state index is 0.0186. The van der Waals surface area contributed by atoms with E-state index in [4.69, 9.17) is 4.74 Å². The number of carbonyl (C=O) groups excluding carboxylic acids is 2. The molecular weight excluding hydrogens is 306 g/mol. The van der Waals surface area contributed by atoms with E-state index >= 15 is 0 Å². The summed E-state index contributed by atoms with van der Waals surface area (Å²) in [4.78, 5) is 29.0. The number of nitrogens with zero attached hydrogens (tertiary/aromatic N) is 3. The predicted octanol–water partition coefficient (Wildman–Crippen LogP) is 1.70. The van der Waals surface area contributed by atoms with Crippen molar-refractivity contribution in [2.45, 2.75) is 56.9 Å². The summed E-state index contributed by atoms with van der Waals surface area (Å²) >= 11 is 0. The van der Waals surface area contributed by atoms with E-state index in [0.29, 0.717) is 45.5 Å². The van der Waals surface area contributed by atoms with E-state index in [1.807, 2.05) is 9.80 Å². The van der Waals surface area contributed by atoms with Crippen LogP contribution in [0.4, 0.5) is 0 Å². The predicted molar refractivity (Wildman–Crippen MR) is 87.9 cm³/mol. The number of amides is 2. The molecule has 3 fully saturated rings. The largest absolute Gasteiger partial charge is 0.383 e. The molecule has 132 valence electrons. The molecule has 0 bridgehead atoms. The summed E-state index contributed by atoms with van der Waals surface area (Å²) in [6, 6.07) is 2.31. The molecule has 0 atom stereocenters. The molecule has 3 aliphatic rings. The molecule has 6 heteroatoms. The minimum Gasteiger partial charge on any atom is -0.383 e. The number of nitriles is 1. The molecule has 1 spiro atoms. The zero-order valence-electron chi connectivity index (χ0n) is 14.6. The van der Waals surface area contributed by atoms with Gasteiger partial charge in [-0.05, 0) is 32.1 Å². The van der Waals surface area contributed by atoms with Crippen molar-refractivity contribution in [2.75, 3.05) is 33.4 Å². The smallest absolute Gasteiger partial charge is 0.243 e. The fourth-order valence-corrected chi connectivity index (χ4v) is 4.72. The number of hydrogen-bond acceptors (Lipinski definition) is 4. The van der Waals surface area contributed by atoms with Gasteiger partial charge in [0.2, 0.25) is 11.8 Å². The van der Waals surface area contributed by atoms with Crippen LogP contribution in [0.5, 0.6) is 0 Å². The van der Waals surface area contributed by atoms with Gasteiger partial charge in [0.1, 0.15) is 5.41 Å². The van der Waals surface area contributed by atoms with Gasteiger partial charge in [0.25, 0.3) is 0 Å². The summed E-state index contributed by atoms with van der Waals surface area (Å²) < 4.78 is 5.15. The molecule has 0 radical (unpaired) electrons. The van der Waals surface area contributed by atoms with Crippen LogP contribution in [0.2, 0.25) is 0 Å². The van der Waals surface area contributed by atoms with Crippen molar-refractivity contribution in [3.8, 4) is 6.07 Å². The van der Waals surface area contributed by atoms with Gasteiger partial charge >= 0.3 is 0 Å². The van der Waals surface area contributed by atoms with Crippen LogP contribution in [-0.4, -0.2) is 60.5 Å². The van der Waals surface area contributed by atoms with Crippen molar-refractivity contribution in [2.24, 2.45) is 5.41 Å². The summed E-state index contributed by atoms with van der Waals surface area (Å²) in [7, 11) is 1.65. The number of likely N-dealkylation sites (tertiary alicyclic amines) is 2. The Morgan fingerprint density at radius 3 is 2.46 bits per heavy atom. The molecular formula is C18H27N3O3. The molecule has 0 aromatic heterocycles. The highest BCUT2D eigenvalue weighted by Gasteiger charge is 2.50. The van der Waals surface area contributed by atoms with Gasteiger partial charge in [0, 0.05) is 38.7 Å². The van der Waals surface area contributed by atoms with E-state index in [2.05, 4.69) is 6.07 Å². The van der Waals surface area contributed by atoms with Gasteiger partial charge in [-0.15, -0.1) is 0 Å². The maximum atomic E-state index is 12.9. The van der Waals surface area contributed by atoms with Gasteiger partial charge in [0.05, 0.1) is 12.7 Å². The first-order valence-corrected chi connectivity index (χ1v) is 9.07. The van der Waals surface area contributed by atoms with Crippen LogP contribution in [-0.2, 0) is 14.3 Å². The van der Waals surface area contributed by atoms with Crippen LogP contribution in [0.1, 0.15) is 51.4 Å². The van der Waals surface area contributed by atoms with Crippen LogP contribution < -0.4 is 0 Å². The van der Waals surface area contributed by atoms with Crippen molar-refractivity contribution >= 4 is 11.8 Å². The normalized spacial score (nSPS) is 25.2. The second-order valence-electron chi connectivity index (χ2n) is 7.46. The van der Waals surface area contributed by atoms with E-state index in [9.17, 15) is 14.9 Å². The average molecular weight is 333 g/mol. The fourth-order valence-electron chi connectivity index (χ4n) is 4.72. The monoisotopic (exact) mass is 333 g/mol. The lowest BCUT2D eigenvalue weighted by atomic mass is 9.82. The second kappa shape index (κ2) is 6.72. The molecule has 6 nitrogen and oxygen atoms in total. The molecule has 0 aromatic carbocycles. The van der Waals surface area contributed by atoms with Crippen molar-refractivity contribution in [3.05, 3.63) is 0 Å². The number of rotatable bonds is 4. The third-order valence-corrected chi connectivity index (χ3v) is 6.26. The van der Waals surface area contributed by atoms with E-state index in [-0.39, 0.29) is 17.4 Å². The molecule has 0 aromatic rings. The van der Waals surface area contributed by atoms with E-state index in [1.54, 1.807) is 7.11 Å². The van der Waals surface area contributed by atoms with Crippen molar-refractivity contribution < 1.29 is 14.3 Å². The summed E-state index contributed by atoms with van der Waals surface area (Å²) in [5.74, 6) is 0.223. The molecule has 24 heavy (non-hydrogen) atoms. The highest BCUT2D eigenvalue weighted by atomic mass is 16.5. The van der Waals surface area contributed by atoms with Crippen LogP contribution in [0.3, 0.4) is 0 Å². The number of methoxy groups -OCH3 is 1. The first-order valence-electron chi connectivity index (χ1n) is 9.07. The quantitative estimate of drug-likeness (QED) is 0.785. The zero-order chi connectivity index (χ0) is 17.2. The third-order valence-electron chi connectivity index (χ3n) is 6.26. The fraction of sp³-hybridized carbons (Fsp3) is 0.833. The van der Waals surface area contributed by atoms with Gasteiger partial charge in [-0.1, -0.05) is 12.8 Å². The number of ether oxygens (including phenoxy) is 1. The lowest BCUT2D eigenvalue weighted by Gasteiger charge is -2.46. The Kier molecular flexibility index (Phi) is 4.82. The summed E-state index contributed by atoms with van der Waals surface area (Å²) in [5, 5.41) is 9.53. The van der Waals surface area contributed by atoms with Crippen molar-refractivity contribution in [3.63, 3.8) is 0 Å². The molecule has 1 saturated carbocycles. The molecule has 2 aliphatic heterocycles. The number of piperidine rings is 1. The van der Waals surface area contributed by atoms with Gasteiger partial charge in [-0.2, -0.15) is 5.26 Å². The molecule has 2 amide bonds. The Morgan fingerprint density at radius 1 is 1.21 bits per heavy atom. The third kappa shape index (κ3) is 2.79. The van der Waals surface area contributed by atoms with Crippen LogP contribution in [0.25, 0.3) is 0 Å². The maximum absolute atomic E-state index is 12.9. The summed E-state index contributed by atoms with van der Waals surface area (Å²) in [6.45, 7) is 2.48. The molecule has 1 aliphatic carbocycles. The lowest BCUT2D eigenvalue weighted by molar-refractivity contribution is -0.142. The van der Waals surface area contributed by atoms with Gasteiger partial charge < -0.3 is 14.5 Å².